The van der Waals surface area contributed by atoms with Crippen LogP contribution in [-0.4, -0.2) is 23.5 Å². The van der Waals surface area contributed by atoms with Crippen LogP contribution in [0, 0.1) is 6.92 Å². The molecule has 2 heterocycles. The number of hydrogen-bond donors (Lipinski definition) is 1. The molecule has 0 fully saturated rings. The molecular formula is C25H21N3O4S2. The Balaban J connectivity index is 1.50. The van der Waals surface area contributed by atoms with Gasteiger partial charge in [-0.1, -0.05) is 42.5 Å². The maximum absolute atomic E-state index is 13.4. The molecule has 5 rings (SSSR count). The summed E-state index contributed by atoms with van der Waals surface area (Å²) >= 11 is 1.63. The molecule has 2 aromatic heterocycles. The molecule has 1 amide bonds. The zero-order valence-corrected chi connectivity index (χ0v) is 19.9. The second-order valence-corrected chi connectivity index (χ2v) is 10.6. The predicted molar refractivity (Wildman–Crippen MR) is 134 cm³/mol. The van der Waals surface area contributed by atoms with E-state index in [1.165, 1.54) is 16.7 Å². The van der Waals surface area contributed by atoms with E-state index < -0.39 is 22.5 Å². The first-order valence-electron chi connectivity index (χ1n) is 10.6. The number of hydrogen-bond acceptors (Lipinski definition) is 5. The quantitative estimate of drug-likeness (QED) is 0.390. The number of rotatable bonds is 6. The molecule has 0 aliphatic carbocycles. The highest BCUT2D eigenvalue weighted by atomic mass is 32.2. The fraction of sp³-hybridized carbons (Fsp3) is 0.120. The first-order chi connectivity index (χ1) is 16.3. The first kappa shape index (κ1) is 22.1. The molecule has 172 valence electrons. The van der Waals surface area contributed by atoms with Crippen LogP contribution in [0.3, 0.4) is 0 Å². The maximum Gasteiger partial charge on any atom is 0.329 e. The van der Waals surface area contributed by atoms with E-state index in [0.717, 1.165) is 21.2 Å². The van der Waals surface area contributed by atoms with Crippen molar-refractivity contribution in [3.8, 4) is 0 Å². The van der Waals surface area contributed by atoms with E-state index in [-0.39, 0.29) is 10.6 Å². The summed E-state index contributed by atoms with van der Waals surface area (Å²) in [6.45, 7) is 1.98. The zero-order valence-electron chi connectivity index (χ0n) is 18.3. The molecule has 0 radical (unpaired) electrons. The molecule has 0 saturated heterocycles. The van der Waals surface area contributed by atoms with E-state index in [4.69, 9.17) is 0 Å². The Hall–Kier alpha value is -3.69. The maximum atomic E-state index is 13.4. The van der Waals surface area contributed by atoms with Gasteiger partial charge in [-0.3, -0.25) is 13.9 Å². The van der Waals surface area contributed by atoms with Gasteiger partial charge >= 0.3 is 5.69 Å². The van der Waals surface area contributed by atoms with Gasteiger partial charge in [0.2, 0.25) is 0 Å². The SMILES string of the molecule is Cc1cccc2scc(Cn3c(=O)n(CC(=O)NS(=O)(=O)c4ccccc4)c4ccccc43)c12. The van der Waals surface area contributed by atoms with Crippen LogP contribution in [-0.2, 0) is 27.9 Å². The minimum atomic E-state index is -4.03. The molecule has 0 atom stereocenters. The molecule has 7 nitrogen and oxygen atoms in total. The molecule has 34 heavy (non-hydrogen) atoms. The van der Waals surface area contributed by atoms with Gasteiger partial charge in [0, 0.05) is 10.1 Å². The molecule has 0 saturated carbocycles. The minimum Gasteiger partial charge on any atom is -0.287 e. The Morgan fingerprint density at radius 3 is 2.32 bits per heavy atom. The third-order valence-corrected chi connectivity index (χ3v) is 8.13. The van der Waals surface area contributed by atoms with Crippen molar-refractivity contribution in [2.75, 3.05) is 0 Å². The van der Waals surface area contributed by atoms with Crippen LogP contribution in [0.15, 0.2) is 87.9 Å². The second-order valence-electron chi connectivity index (χ2n) is 7.99. The van der Waals surface area contributed by atoms with Crippen LogP contribution >= 0.6 is 11.3 Å². The lowest BCUT2D eigenvalue weighted by Gasteiger charge is -2.07. The highest BCUT2D eigenvalue weighted by Crippen LogP contribution is 2.29. The molecule has 5 aromatic rings. The lowest BCUT2D eigenvalue weighted by molar-refractivity contribution is -0.119. The molecule has 0 aliphatic heterocycles. The van der Waals surface area contributed by atoms with E-state index in [9.17, 15) is 18.0 Å². The highest BCUT2D eigenvalue weighted by Gasteiger charge is 2.21. The number of carbonyl (C=O) groups excluding carboxylic acids is 1. The van der Waals surface area contributed by atoms with Crippen LogP contribution in [0.1, 0.15) is 11.1 Å². The van der Waals surface area contributed by atoms with E-state index >= 15 is 0 Å². The van der Waals surface area contributed by atoms with Gasteiger partial charge in [-0.05, 0) is 53.8 Å². The molecule has 0 aliphatic rings. The number of para-hydroxylation sites is 2. The van der Waals surface area contributed by atoms with E-state index in [0.29, 0.717) is 17.6 Å². The number of carbonyl (C=O) groups is 1. The predicted octanol–water partition coefficient (Wildman–Crippen LogP) is 3.88. The Labute approximate surface area is 199 Å². The number of benzene rings is 3. The Bertz CT molecular complexity index is 1700. The number of nitrogens with one attached hydrogen (secondary N) is 1. The summed E-state index contributed by atoms with van der Waals surface area (Å²) in [7, 11) is -4.03. The molecule has 1 N–H and O–H groups in total. The molecule has 3 aromatic carbocycles. The number of imidazole rings is 1. The van der Waals surface area contributed by atoms with Crippen molar-refractivity contribution in [2.24, 2.45) is 0 Å². The lowest BCUT2D eigenvalue weighted by Crippen LogP contribution is -2.36. The van der Waals surface area contributed by atoms with Crippen molar-refractivity contribution in [3.05, 3.63) is 99.8 Å². The Morgan fingerprint density at radius 2 is 1.59 bits per heavy atom. The molecular weight excluding hydrogens is 470 g/mol. The largest absolute Gasteiger partial charge is 0.329 e. The van der Waals surface area contributed by atoms with E-state index in [1.54, 1.807) is 46.2 Å². The topological polar surface area (TPSA) is 90.2 Å². The Morgan fingerprint density at radius 1 is 0.912 bits per heavy atom. The van der Waals surface area contributed by atoms with Gasteiger partial charge in [0.25, 0.3) is 15.9 Å². The van der Waals surface area contributed by atoms with Crippen LogP contribution in [0.5, 0.6) is 0 Å². The number of aromatic nitrogens is 2. The third-order valence-electron chi connectivity index (χ3n) is 5.74. The van der Waals surface area contributed by atoms with Crippen molar-refractivity contribution in [2.45, 2.75) is 24.9 Å². The van der Waals surface area contributed by atoms with Gasteiger partial charge in [-0.2, -0.15) is 0 Å². The van der Waals surface area contributed by atoms with E-state index in [2.05, 4.69) is 16.2 Å². The summed E-state index contributed by atoms with van der Waals surface area (Å²) in [5.74, 6) is -0.786. The van der Waals surface area contributed by atoms with Gasteiger partial charge in [0.1, 0.15) is 6.54 Å². The van der Waals surface area contributed by atoms with Crippen molar-refractivity contribution in [3.63, 3.8) is 0 Å². The molecule has 0 bridgehead atoms. The summed E-state index contributed by atoms with van der Waals surface area (Å²) in [4.78, 5) is 26.1. The van der Waals surface area contributed by atoms with Gasteiger partial charge < -0.3 is 0 Å². The lowest BCUT2D eigenvalue weighted by atomic mass is 10.1. The summed E-state index contributed by atoms with van der Waals surface area (Å²) in [5, 5.41) is 3.18. The highest BCUT2D eigenvalue weighted by molar-refractivity contribution is 7.90. The van der Waals surface area contributed by atoms with Crippen LogP contribution in [0.25, 0.3) is 21.1 Å². The van der Waals surface area contributed by atoms with Crippen molar-refractivity contribution in [1.82, 2.24) is 13.9 Å². The number of fused-ring (bicyclic) bond motifs is 2. The van der Waals surface area contributed by atoms with Crippen LogP contribution in [0.4, 0.5) is 0 Å². The molecule has 9 heteroatoms. The van der Waals surface area contributed by atoms with Gasteiger partial charge in [0.15, 0.2) is 0 Å². The number of amides is 1. The van der Waals surface area contributed by atoms with Crippen molar-refractivity contribution in [1.29, 1.82) is 0 Å². The number of nitrogens with zero attached hydrogens (tertiary/aromatic N) is 2. The minimum absolute atomic E-state index is 0.0159. The van der Waals surface area contributed by atoms with Crippen LogP contribution in [0.2, 0.25) is 0 Å². The third kappa shape index (κ3) is 3.93. The van der Waals surface area contributed by atoms with Crippen molar-refractivity contribution < 1.29 is 13.2 Å². The molecule has 0 spiro atoms. The second kappa shape index (κ2) is 8.58. The van der Waals surface area contributed by atoms with Gasteiger partial charge in [-0.25, -0.2) is 17.9 Å². The van der Waals surface area contributed by atoms with E-state index in [1.807, 2.05) is 31.2 Å². The molecule has 0 unspecified atom stereocenters. The first-order valence-corrected chi connectivity index (χ1v) is 13.0. The monoisotopic (exact) mass is 491 g/mol. The average molecular weight is 492 g/mol. The zero-order chi connectivity index (χ0) is 23.9. The standard InChI is InChI=1S/C25H21N3O4S2/c1-17-8-7-13-22-24(17)18(16-33-22)14-27-20-11-5-6-12-21(20)28(25(27)30)15-23(29)26-34(31,32)19-9-3-2-4-10-19/h2-13,16H,14-15H2,1H3,(H,26,29). The van der Waals surface area contributed by atoms with Crippen LogP contribution < -0.4 is 10.4 Å². The summed E-state index contributed by atoms with van der Waals surface area (Å²) in [6.07, 6.45) is 0. The van der Waals surface area contributed by atoms with Gasteiger partial charge in [-0.15, -0.1) is 11.3 Å². The summed E-state index contributed by atoms with van der Waals surface area (Å²) in [6, 6.07) is 21.0. The summed E-state index contributed by atoms with van der Waals surface area (Å²) < 4.78 is 31.2. The Kier molecular flexibility index (Phi) is 5.59. The number of thiophene rings is 1. The van der Waals surface area contributed by atoms with Crippen molar-refractivity contribution >= 4 is 48.4 Å². The average Bonchev–Trinajstić information content (AvgIpc) is 3.35. The number of aryl methyl sites for hydroxylation is 1. The summed E-state index contributed by atoms with van der Waals surface area (Å²) in [5.41, 5.74) is 3.03. The number of sulfonamides is 1. The fourth-order valence-electron chi connectivity index (χ4n) is 4.19. The smallest absolute Gasteiger partial charge is 0.287 e. The normalized spacial score (nSPS) is 11.8. The fourth-order valence-corrected chi connectivity index (χ4v) is 6.22. The van der Waals surface area contributed by atoms with Gasteiger partial charge in [0.05, 0.1) is 22.5 Å².